The van der Waals surface area contributed by atoms with E-state index in [0.29, 0.717) is 5.41 Å². The van der Waals surface area contributed by atoms with E-state index in [4.69, 9.17) is 5.73 Å². The van der Waals surface area contributed by atoms with Gasteiger partial charge in [-0.05, 0) is 76.2 Å². The predicted molar refractivity (Wildman–Crippen MR) is 83.9 cm³/mol. The minimum Gasteiger partial charge on any atom is -0.348 e. The lowest BCUT2D eigenvalue weighted by atomic mass is 9.80. The van der Waals surface area contributed by atoms with Crippen LogP contribution in [0.1, 0.15) is 55.6 Å². The van der Waals surface area contributed by atoms with Crippen LogP contribution in [-0.4, -0.2) is 29.6 Å². The summed E-state index contributed by atoms with van der Waals surface area (Å²) in [7, 11) is 2.24. The summed E-state index contributed by atoms with van der Waals surface area (Å²) in [6, 6.07) is 2.61. The summed E-state index contributed by atoms with van der Waals surface area (Å²) in [5.74, 6) is 0. The first-order valence-corrected chi connectivity index (χ1v) is 8.11. The normalized spacial score (nSPS) is 26.5. The fourth-order valence-corrected chi connectivity index (χ4v) is 3.92. The summed E-state index contributed by atoms with van der Waals surface area (Å²) in [5.41, 5.74) is 11.1. The Morgan fingerprint density at radius 2 is 2.05 bits per heavy atom. The molecule has 0 amide bonds. The van der Waals surface area contributed by atoms with Gasteiger partial charge in [0.15, 0.2) is 0 Å². The molecule has 3 rings (SSSR count). The molecule has 2 aliphatic rings. The Bertz CT molecular complexity index is 481. The standard InChI is InChI=1S/C17H29N3/c1-13-11-14-15(18)5-4-6-16(14)20(13)12-17(2)7-9-19(3)10-8-17/h11,15H,4-10,12,18H2,1-3H3. The van der Waals surface area contributed by atoms with Crippen molar-refractivity contribution in [2.75, 3.05) is 20.1 Å². The number of nitrogens with zero attached hydrogens (tertiary/aromatic N) is 2. The van der Waals surface area contributed by atoms with Crippen LogP contribution in [0.25, 0.3) is 0 Å². The molecule has 1 aliphatic heterocycles. The second-order valence-corrected chi connectivity index (χ2v) is 7.39. The number of likely N-dealkylation sites (tertiary alicyclic amines) is 1. The predicted octanol–water partition coefficient (Wildman–Crippen LogP) is 2.86. The molecule has 0 saturated carbocycles. The topological polar surface area (TPSA) is 34.2 Å². The lowest BCUT2D eigenvalue weighted by Crippen LogP contribution is -2.39. The first-order chi connectivity index (χ1) is 9.48. The van der Waals surface area contributed by atoms with Gasteiger partial charge in [0.05, 0.1) is 0 Å². The average molecular weight is 275 g/mol. The summed E-state index contributed by atoms with van der Waals surface area (Å²) in [5, 5.41) is 0. The number of rotatable bonds is 2. The van der Waals surface area contributed by atoms with Crippen LogP contribution < -0.4 is 5.73 Å². The first-order valence-electron chi connectivity index (χ1n) is 8.11. The van der Waals surface area contributed by atoms with Crippen LogP contribution in [0.4, 0.5) is 0 Å². The molecule has 1 aromatic heterocycles. The Morgan fingerprint density at radius 3 is 2.75 bits per heavy atom. The van der Waals surface area contributed by atoms with Crippen molar-refractivity contribution in [3.63, 3.8) is 0 Å². The Labute approximate surface area is 123 Å². The summed E-state index contributed by atoms with van der Waals surface area (Å²) >= 11 is 0. The number of aryl methyl sites for hydroxylation is 1. The lowest BCUT2D eigenvalue weighted by molar-refractivity contribution is 0.119. The molecule has 2 heterocycles. The number of hydrogen-bond acceptors (Lipinski definition) is 2. The molecule has 3 nitrogen and oxygen atoms in total. The number of nitrogens with two attached hydrogens (primary N) is 1. The van der Waals surface area contributed by atoms with Gasteiger partial charge in [0.2, 0.25) is 0 Å². The molecular formula is C17H29N3. The van der Waals surface area contributed by atoms with E-state index in [0.717, 1.165) is 6.42 Å². The van der Waals surface area contributed by atoms with Crippen molar-refractivity contribution in [1.29, 1.82) is 0 Å². The van der Waals surface area contributed by atoms with Crippen LogP contribution in [0.5, 0.6) is 0 Å². The maximum absolute atomic E-state index is 6.29. The molecule has 3 heteroatoms. The monoisotopic (exact) mass is 275 g/mol. The van der Waals surface area contributed by atoms with E-state index in [1.807, 2.05) is 0 Å². The second-order valence-electron chi connectivity index (χ2n) is 7.39. The van der Waals surface area contributed by atoms with Crippen molar-refractivity contribution in [3.8, 4) is 0 Å². The van der Waals surface area contributed by atoms with Gasteiger partial charge in [0, 0.05) is 24.0 Å². The van der Waals surface area contributed by atoms with Gasteiger partial charge in [-0.3, -0.25) is 0 Å². The van der Waals surface area contributed by atoms with Crippen LogP contribution in [-0.2, 0) is 13.0 Å². The van der Waals surface area contributed by atoms with Gasteiger partial charge in [-0.15, -0.1) is 0 Å². The van der Waals surface area contributed by atoms with Gasteiger partial charge in [-0.1, -0.05) is 6.92 Å². The Morgan fingerprint density at radius 1 is 1.35 bits per heavy atom. The fourth-order valence-electron chi connectivity index (χ4n) is 3.92. The zero-order valence-corrected chi connectivity index (χ0v) is 13.3. The SMILES string of the molecule is Cc1cc2c(n1CC1(C)CCN(C)CC1)CCCC2N. The quantitative estimate of drug-likeness (QED) is 0.900. The zero-order valence-electron chi connectivity index (χ0n) is 13.3. The molecule has 20 heavy (non-hydrogen) atoms. The van der Waals surface area contributed by atoms with Crippen LogP contribution in [0.2, 0.25) is 0 Å². The van der Waals surface area contributed by atoms with E-state index in [9.17, 15) is 0 Å². The minimum absolute atomic E-state index is 0.268. The van der Waals surface area contributed by atoms with Crippen LogP contribution in [0, 0.1) is 12.3 Å². The van der Waals surface area contributed by atoms with Crippen molar-refractivity contribution in [1.82, 2.24) is 9.47 Å². The highest BCUT2D eigenvalue weighted by molar-refractivity contribution is 5.32. The van der Waals surface area contributed by atoms with Gasteiger partial charge in [0.1, 0.15) is 0 Å². The maximum atomic E-state index is 6.29. The van der Waals surface area contributed by atoms with Crippen molar-refractivity contribution in [2.45, 2.75) is 58.5 Å². The number of fused-ring (bicyclic) bond motifs is 1. The molecule has 1 fully saturated rings. The van der Waals surface area contributed by atoms with E-state index >= 15 is 0 Å². The molecule has 0 bridgehead atoms. The van der Waals surface area contributed by atoms with E-state index < -0.39 is 0 Å². The smallest absolute Gasteiger partial charge is 0.0313 e. The van der Waals surface area contributed by atoms with Crippen molar-refractivity contribution < 1.29 is 0 Å². The van der Waals surface area contributed by atoms with E-state index in [1.165, 1.54) is 62.3 Å². The number of aromatic nitrogens is 1. The highest BCUT2D eigenvalue weighted by Gasteiger charge is 2.31. The highest BCUT2D eigenvalue weighted by atomic mass is 15.1. The number of hydrogen-bond donors (Lipinski definition) is 1. The molecule has 0 radical (unpaired) electrons. The zero-order chi connectivity index (χ0) is 14.3. The van der Waals surface area contributed by atoms with Gasteiger partial charge >= 0.3 is 0 Å². The Hall–Kier alpha value is -0.800. The third kappa shape index (κ3) is 2.53. The summed E-state index contributed by atoms with van der Waals surface area (Å²) in [6.07, 6.45) is 6.23. The molecule has 1 atom stereocenters. The number of piperidine rings is 1. The summed E-state index contributed by atoms with van der Waals surface area (Å²) in [4.78, 5) is 2.45. The summed E-state index contributed by atoms with van der Waals surface area (Å²) < 4.78 is 2.58. The van der Waals surface area contributed by atoms with Gasteiger partial charge < -0.3 is 15.2 Å². The second kappa shape index (κ2) is 5.19. The first kappa shape index (κ1) is 14.2. The van der Waals surface area contributed by atoms with Crippen LogP contribution in [0.15, 0.2) is 6.07 Å². The van der Waals surface area contributed by atoms with Gasteiger partial charge in [0.25, 0.3) is 0 Å². The third-order valence-electron chi connectivity index (χ3n) is 5.51. The van der Waals surface area contributed by atoms with Crippen molar-refractivity contribution in [2.24, 2.45) is 11.1 Å². The van der Waals surface area contributed by atoms with E-state index in [2.05, 4.69) is 36.4 Å². The Kier molecular flexibility index (Phi) is 3.67. The molecular weight excluding hydrogens is 246 g/mol. The van der Waals surface area contributed by atoms with Gasteiger partial charge in [-0.25, -0.2) is 0 Å². The third-order valence-corrected chi connectivity index (χ3v) is 5.51. The largest absolute Gasteiger partial charge is 0.348 e. The van der Waals surface area contributed by atoms with Gasteiger partial charge in [-0.2, -0.15) is 0 Å². The van der Waals surface area contributed by atoms with Crippen molar-refractivity contribution >= 4 is 0 Å². The highest BCUT2D eigenvalue weighted by Crippen LogP contribution is 2.36. The molecule has 2 N–H and O–H groups in total. The molecule has 0 spiro atoms. The van der Waals surface area contributed by atoms with Crippen molar-refractivity contribution in [3.05, 3.63) is 23.0 Å². The molecule has 112 valence electrons. The Balaban J connectivity index is 1.84. The maximum Gasteiger partial charge on any atom is 0.0313 e. The molecule has 1 aliphatic carbocycles. The van der Waals surface area contributed by atoms with Crippen LogP contribution >= 0.6 is 0 Å². The molecule has 1 saturated heterocycles. The molecule has 1 aromatic rings. The minimum atomic E-state index is 0.268. The average Bonchev–Trinajstić information content (AvgIpc) is 2.72. The fraction of sp³-hybridized carbons (Fsp3) is 0.765. The van der Waals surface area contributed by atoms with Crippen LogP contribution in [0.3, 0.4) is 0 Å². The molecule has 0 aromatic carbocycles. The molecule has 1 unspecified atom stereocenters. The summed E-state index contributed by atoms with van der Waals surface area (Å²) in [6.45, 7) is 8.36. The van der Waals surface area contributed by atoms with E-state index in [-0.39, 0.29) is 6.04 Å². The lowest BCUT2D eigenvalue weighted by Gasteiger charge is -2.39. The van der Waals surface area contributed by atoms with E-state index in [1.54, 1.807) is 0 Å².